The topological polar surface area (TPSA) is 105 Å². The van der Waals surface area contributed by atoms with Gasteiger partial charge in [0.2, 0.25) is 17.7 Å². The number of amides is 3. The fourth-order valence-corrected chi connectivity index (χ4v) is 2.49. The summed E-state index contributed by atoms with van der Waals surface area (Å²) in [6.45, 7) is 1.52. The molecule has 2 rings (SSSR count). The van der Waals surface area contributed by atoms with Crippen molar-refractivity contribution in [2.45, 2.75) is 25.7 Å². The Morgan fingerprint density at radius 2 is 1.78 bits per heavy atom. The highest BCUT2D eigenvalue weighted by atomic mass is 35.5. The number of nitrogens with zero attached hydrogens (tertiary/aromatic N) is 2. The number of rotatable bonds is 5. The molecule has 0 unspecified atom stereocenters. The zero-order valence-corrected chi connectivity index (χ0v) is 13.6. The first-order valence-electron chi connectivity index (χ1n) is 7.33. The number of nitrogens with two attached hydrogens (primary N) is 1. The van der Waals surface area contributed by atoms with Crippen LogP contribution in [-0.4, -0.2) is 35.8 Å². The summed E-state index contributed by atoms with van der Waals surface area (Å²) in [4.78, 5) is 40.3. The van der Waals surface area contributed by atoms with Crippen molar-refractivity contribution in [1.29, 1.82) is 0 Å². The van der Waals surface area contributed by atoms with Crippen molar-refractivity contribution in [2.24, 2.45) is 11.7 Å². The van der Waals surface area contributed by atoms with E-state index in [2.05, 4.69) is 15.2 Å². The third-order valence-corrected chi connectivity index (χ3v) is 3.75. The number of aromatic nitrogens is 1. The van der Waals surface area contributed by atoms with Crippen molar-refractivity contribution in [1.82, 2.24) is 10.3 Å². The number of hydrogen-bond acceptors (Lipinski definition) is 5. The SMILES string of the molecule is Cl.NC(=O)CCC(=O)NC(=O)C1CCN(c2ccncc2)CC1. The van der Waals surface area contributed by atoms with Gasteiger partial charge < -0.3 is 10.6 Å². The number of halogens is 1. The Balaban J connectivity index is 0.00000264. The number of carbonyl (C=O) groups is 3. The average molecular weight is 341 g/mol. The van der Waals surface area contributed by atoms with Crippen molar-refractivity contribution in [3.63, 3.8) is 0 Å². The fraction of sp³-hybridized carbons (Fsp3) is 0.467. The van der Waals surface area contributed by atoms with E-state index >= 15 is 0 Å². The lowest BCUT2D eigenvalue weighted by Crippen LogP contribution is -2.42. The molecule has 1 fully saturated rings. The Morgan fingerprint density at radius 3 is 2.35 bits per heavy atom. The predicted octanol–water partition coefficient (Wildman–Crippen LogP) is 0.628. The number of primary amides is 1. The lowest BCUT2D eigenvalue weighted by molar-refractivity contribution is -0.134. The molecule has 1 aliphatic heterocycles. The lowest BCUT2D eigenvalue weighted by Gasteiger charge is -2.32. The van der Waals surface area contributed by atoms with E-state index in [1.54, 1.807) is 12.4 Å². The number of nitrogens with one attached hydrogen (secondary N) is 1. The fourth-order valence-electron chi connectivity index (χ4n) is 2.49. The molecule has 8 heteroatoms. The molecule has 3 N–H and O–H groups in total. The number of anilines is 1. The van der Waals surface area contributed by atoms with Crippen LogP contribution in [0.3, 0.4) is 0 Å². The molecular weight excluding hydrogens is 320 g/mol. The van der Waals surface area contributed by atoms with Crippen LogP contribution in [0.1, 0.15) is 25.7 Å². The molecule has 0 spiro atoms. The second kappa shape index (κ2) is 9.09. The zero-order valence-electron chi connectivity index (χ0n) is 12.7. The molecule has 126 valence electrons. The van der Waals surface area contributed by atoms with E-state index in [1.807, 2.05) is 12.1 Å². The third-order valence-electron chi connectivity index (χ3n) is 3.75. The van der Waals surface area contributed by atoms with E-state index < -0.39 is 11.8 Å². The molecule has 1 aromatic heterocycles. The Labute approximate surface area is 141 Å². The highest BCUT2D eigenvalue weighted by Crippen LogP contribution is 2.22. The van der Waals surface area contributed by atoms with Gasteiger partial charge in [-0.05, 0) is 25.0 Å². The molecule has 0 saturated carbocycles. The van der Waals surface area contributed by atoms with Crippen LogP contribution in [0.4, 0.5) is 5.69 Å². The van der Waals surface area contributed by atoms with E-state index in [0.717, 1.165) is 18.8 Å². The quantitative estimate of drug-likeness (QED) is 0.817. The van der Waals surface area contributed by atoms with Gasteiger partial charge in [-0.1, -0.05) is 0 Å². The monoisotopic (exact) mass is 340 g/mol. The van der Waals surface area contributed by atoms with Crippen LogP contribution in [-0.2, 0) is 14.4 Å². The van der Waals surface area contributed by atoms with E-state index in [0.29, 0.717) is 12.8 Å². The molecule has 1 aliphatic rings. The van der Waals surface area contributed by atoms with Gasteiger partial charge in [0.05, 0.1) is 0 Å². The number of hydrogen-bond donors (Lipinski definition) is 2. The van der Waals surface area contributed by atoms with E-state index in [9.17, 15) is 14.4 Å². The highest BCUT2D eigenvalue weighted by molar-refractivity contribution is 5.97. The summed E-state index contributed by atoms with van der Waals surface area (Å²) in [5, 5.41) is 2.35. The van der Waals surface area contributed by atoms with Crippen molar-refractivity contribution in [3.8, 4) is 0 Å². The first kappa shape index (κ1) is 18.9. The largest absolute Gasteiger partial charge is 0.371 e. The number of pyridine rings is 1. The highest BCUT2D eigenvalue weighted by Gasteiger charge is 2.26. The minimum atomic E-state index is -0.548. The molecule has 0 atom stereocenters. The van der Waals surface area contributed by atoms with Gasteiger partial charge in [0.25, 0.3) is 0 Å². The second-order valence-corrected chi connectivity index (χ2v) is 5.35. The van der Waals surface area contributed by atoms with E-state index in [-0.39, 0.29) is 37.1 Å². The number of imide groups is 1. The molecule has 0 radical (unpaired) electrons. The molecule has 1 aromatic rings. The zero-order chi connectivity index (χ0) is 15.9. The summed E-state index contributed by atoms with van der Waals surface area (Å²) in [6, 6.07) is 3.88. The minimum absolute atomic E-state index is 0. The average Bonchev–Trinajstić information content (AvgIpc) is 2.54. The van der Waals surface area contributed by atoms with Crippen molar-refractivity contribution < 1.29 is 14.4 Å². The first-order valence-corrected chi connectivity index (χ1v) is 7.33. The van der Waals surface area contributed by atoms with Gasteiger partial charge in [-0.15, -0.1) is 12.4 Å². The van der Waals surface area contributed by atoms with Gasteiger partial charge in [0, 0.05) is 49.9 Å². The molecule has 2 heterocycles. The van der Waals surface area contributed by atoms with Gasteiger partial charge in [-0.2, -0.15) is 0 Å². The summed E-state index contributed by atoms with van der Waals surface area (Å²) < 4.78 is 0. The maximum atomic E-state index is 12.0. The molecule has 0 aromatic carbocycles. The van der Waals surface area contributed by atoms with Gasteiger partial charge in [-0.3, -0.25) is 24.7 Å². The summed E-state index contributed by atoms with van der Waals surface area (Å²) >= 11 is 0. The maximum absolute atomic E-state index is 12.0. The third kappa shape index (κ3) is 5.86. The Hall–Kier alpha value is -2.15. The van der Waals surface area contributed by atoms with Gasteiger partial charge in [-0.25, -0.2) is 0 Å². The standard InChI is InChI=1S/C15H20N4O3.ClH/c16-13(20)1-2-14(21)18-15(22)11-5-9-19(10-6-11)12-3-7-17-8-4-12;/h3-4,7-8,11H,1-2,5-6,9-10H2,(H2,16,20)(H,18,21,22);1H. The summed E-state index contributed by atoms with van der Waals surface area (Å²) in [5.41, 5.74) is 6.06. The molecule has 3 amide bonds. The lowest BCUT2D eigenvalue weighted by atomic mass is 9.95. The Kier molecular flexibility index (Phi) is 7.47. The van der Waals surface area contributed by atoms with Crippen molar-refractivity contribution in [3.05, 3.63) is 24.5 Å². The Morgan fingerprint density at radius 1 is 1.17 bits per heavy atom. The van der Waals surface area contributed by atoms with Gasteiger partial charge >= 0.3 is 0 Å². The molecule has 23 heavy (non-hydrogen) atoms. The normalized spacial score (nSPS) is 14.7. The molecule has 7 nitrogen and oxygen atoms in total. The smallest absolute Gasteiger partial charge is 0.229 e. The summed E-state index contributed by atoms with van der Waals surface area (Å²) in [5.74, 6) is -1.42. The van der Waals surface area contributed by atoms with E-state index in [4.69, 9.17) is 5.73 Å². The number of piperidine rings is 1. The van der Waals surface area contributed by atoms with E-state index in [1.165, 1.54) is 0 Å². The molecule has 1 saturated heterocycles. The van der Waals surface area contributed by atoms with Crippen LogP contribution >= 0.6 is 12.4 Å². The molecule has 0 aliphatic carbocycles. The van der Waals surface area contributed by atoms with Crippen LogP contribution in [0.2, 0.25) is 0 Å². The van der Waals surface area contributed by atoms with Crippen LogP contribution in [0.5, 0.6) is 0 Å². The predicted molar refractivity (Wildman–Crippen MR) is 88.0 cm³/mol. The molecule has 0 bridgehead atoms. The first-order chi connectivity index (χ1) is 10.6. The summed E-state index contributed by atoms with van der Waals surface area (Å²) in [7, 11) is 0. The van der Waals surface area contributed by atoms with Gasteiger partial charge in [0.15, 0.2) is 0 Å². The molecular formula is C15H21ClN4O3. The minimum Gasteiger partial charge on any atom is -0.371 e. The van der Waals surface area contributed by atoms with Crippen LogP contribution < -0.4 is 16.0 Å². The summed E-state index contributed by atoms with van der Waals surface area (Å²) in [6.07, 6.45) is 4.78. The second-order valence-electron chi connectivity index (χ2n) is 5.35. The van der Waals surface area contributed by atoms with Crippen molar-refractivity contribution in [2.75, 3.05) is 18.0 Å². The maximum Gasteiger partial charge on any atom is 0.229 e. The van der Waals surface area contributed by atoms with Gasteiger partial charge in [0.1, 0.15) is 0 Å². The van der Waals surface area contributed by atoms with Crippen molar-refractivity contribution >= 4 is 35.8 Å². The van der Waals surface area contributed by atoms with Crippen LogP contribution in [0, 0.1) is 5.92 Å². The van der Waals surface area contributed by atoms with Crippen LogP contribution in [0.15, 0.2) is 24.5 Å². The number of carbonyl (C=O) groups excluding carboxylic acids is 3. The van der Waals surface area contributed by atoms with Crippen LogP contribution in [0.25, 0.3) is 0 Å². The Bertz CT molecular complexity index is 545.